The van der Waals surface area contributed by atoms with Gasteiger partial charge in [-0.1, -0.05) is 32.0 Å². The Labute approximate surface area is 182 Å². The van der Waals surface area contributed by atoms with Gasteiger partial charge in [0.15, 0.2) is 5.65 Å². The molecule has 2 unspecified atom stereocenters. The Morgan fingerprint density at radius 2 is 2.16 bits per heavy atom. The summed E-state index contributed by atoms with van der Waals surface area (Å²) in [4.78, 5) is 9.75. The maximum Gasteiger partial charge on any atom is 0.322 e. The molecule has 2 aromatic heterocycles. The van der Waals surface area contributed by atoms with E-state index in [-0.39, 0.29) is 12.0 Å². The number of nitrogens with one attached hydrogen (secondary N) is 3. The molecule has 166 valence electrons. The van der Waals surface area contributed by atoms with E-state index < -0.39 is 9.73 Å². The first-order valence-corrected chi connectivity index (χ1v) is 12.5. The third-order valence-corrected chi connectivity index (χ3v) is 6.59. The largest absolute Gasteiger partial charge is 0.459 e. The van der Waals surface area contributed by atoms with Crippen molar-refractivity contribution < 1.29 is 8.95 Å². The molecule has 1 fully saturated rings. The SMILES string of the molecule is CC(C)c1cnn2c(NCc3ccccc3S(C)(=N)=O)nc(OC3CCCNC3)nc12. The summed E-state index contributed by atoms with van der Waals surface area (Å²) >= 11 is 0. The first kappa shape index (κ1) is 21.5. The van der Waals surface area contributed by atoms with Crippen molar-refractivity contribution in [1.29, 1.82) is 4.78 Å². The minimum atomic E-state index is -2.84. The number of ether oxygens (including phenoxy) is 1. The number of hydrogen-bond donors (Lipinski definition) is 3. The van der Waals surface area contributed by atoms with Crippen LogP contribution in [-0.4, -0.2) is 49.2 Å². The number of anilines is 1. The Hall–Kier alpha value is -2.72. The van der Waals surface area contributed by atoms with Crippen LogP contribution in [-0.2, 0) is 16.3 Å². The van der Waals surface area contributed by atoms with Crippen molar-refractivity contribution >= 4 is 21.3 Å². The smallest absolute Gasteiger partial charge is 0.322 e. The second kappa shape index (κ2) is 8.80. The van der Waals surface area contributed by atoms with Crippen LogP contribution in [0.25, 0.3) is 5.65 Å². The van der Waals surface area contributed by atoms with Crippen LogP contribution in [0.4, 0.5) is 5.95 Å². The van der Waals surface area contributed by atoms with E-state index >= 15 is 0 Å². The van der Waals surface area contributed by atoms with Crippen molar-refractivity contribution in [2.75, 3.05) is 24.7 Å². The van der Waals surface area contributed by atoms with Crippen LogP contribution < -0.4 is 15.4 Å². The maximum absolute atomic E-state index is 12.4. The van der Waals surface area contributed by atoms with Gasteiger partial charge in [-0.25, -0.2) is 8.99 Å². The van der Waals surface area contributed by atoms with E-state index in [2.05, 4.69) is 39.5 Å². The Kier molecular flexibility index (Phi) is 6.10. The predicted molar refractivity (Wildman–Crippen MR) is 120 cm³/mol. The first-order valence-electron chi connectivity index (χ1n) is 10.5. The standard InChI is InChI=1S/C21H29N7O2S/c1-14(2)17-13-25-28-19(17)26-21(30-16-8-6-10-23-12-16)27-20(28)24-11-15-7-4-5-9-18(15)31(3,22)29/h4-5,7,9,13-14,16,22-23H,6,8,10-12H2,1-3H3,(H,24,26,27). The Morgan fingerprint density at radius 1 is 1.35 bits per heavy atom. The van der Waals surface area contributed by atoms with Gasteiger partial charge in [0.2, 0.25) is 5.95 Å². The molecule has 31 heavy (non-hydrogen) atoms. The van der Waals surface area contributed by atoms with E-state index in [1.165, 1.54) is 6.26 Å². The summed E-state index contributed by atoms with van der Waals surface area (Å²) in [5, 5.41) is 11.1. The third-order valence-electron chi connectivity index (χ3n) is 5.35. The molecule has 10 heteroatoms. The van der Waals surface area contributed by atoms with Crippen molar-refractivity contribution in [3.8, 4) is 6.01 Å². The minimum absolute atomic E-state index is 0.0308. The second-order valence-electron chi connectivity index (χ2n) is 8.21. The number of aromatic nitrogens is 4. The fraction of sp³-hybridized carbons (Fsp3) is 0.476. The summed E-state index contributed by atoms with van der Waals surface area (Å²) in [5.74, 6) is 0.747. The van der Waals surface area contributed by atoms with Crippen molar-refractivity contribution in [3.05, 3.63) is 41.6 Å². The van der Waals surface area contributed by atoms with Crippen molar-refractivity contribution in [3.63, 3.8) is 0 Å². The van der Waals surface area contributed by atoms with E-state index in [0.29, 0.717) is 29.0 Å². The Balaban J connectivity index is 1.68. The Morgan fingerprint density at radius 3 is 2.87 bits per heavy atom. The van der Waals surface area contributed by atoms with E-state index in [4.69, 9.17) is 9.52 Å². The molecule has 3 N–H and O–H groups in total. The van der Waals surface area contributed by atoms with Crippen LogP contribution in [0.1, 0.15) is 43.7 Å². The average Bonchev–Trinajstić information content (AvgIpc) is 3.17. The quantitative estimate of drug-likeness (QED) is 0.514. The lowest BCUT2D eigenvalue weighted by Crippen LogP contribution is -2.37. The van der Waals surface area contributed by atoms with Gasteiger partial charge in [-0.3, -0.25) is 0 Å². The van der Waals surface area contributed by atoms with Crippen LogP contribution in [0.5, 0.6) is 6.01 Å². The molecule has 1 aliphatic rings. The first-order chi connectivity index (χ1) is 14.8. The van der Waals surface area contributed by atoms with Crippen LogP contribution >= 0.6 is 0 Å². The highest BCUT2D eigenvalue weighted by atomic mass is 32.2. The summed E-state index contributed by atoms with van der Waals surface area (Å²) in [6, 6.07) is 7.59. The van der Waals surface area contributed by atoms with Gasteiger partial charge in [-0.15, -0.1) is 0 Å². The molecule has 2 atom stereocenters. The number of rotatable bonds is 7. The molecule has 1 saturated heterocycles. The summed E-state index contributed by atoms with van der Waals surface area (Å²) < 4.78 is 28.1. The molecule has 9 nitrogen and oxygen atoms in total. The van der Waals surface area contributed by atoms with E-state index in [0.717, 1.165) is 37.1 Å². The van der Waals surface area contributed by atoms with Crippen molar-refractivity contribution in [2.45, 2.75) is 50.2 Å². The van der Waals surface area contributed by atoms with Crippen LogP contribution in [0.2, 0.25) is 0 Å². The molecule has 1 aliphatic heterocycles. The fourth-order valence-electron chi connectivity index (χ4n) is 3.72. The number of fused-ring (bicyclic) bond motifs is 1. The van der Waals surface area contributed by atoms with Crippen LogP contribution in [0, 0.1) is 4.78 Å². The molecule has 0 radical (unpaired) electrons. The van der Waals surface area contributed by atoms with Gasteiger partial charge < -0.3 is 15.4 Å². The zero-order valence-electron chi connectivity index (χ0n) is 18.1. The molecule has 4 rings (SSSR count). The average molecular weight is 444 g/mol. The lowest BCUT2D eigenvalue weighted by Gasteiger charge is -2.23. The highest BCUT2D eigenvalue weighted by molar-refractivity contribution is 7.91. The minimum Gasteiger partial charge on any atom is -0.459 e. The number of piperidine rings is 1. The maximum atomic E-state index is 12.4. The zero-order valence-corrected chi connectivity index (χ0v) is 18.9. The monoisotopic (exact) mass is 443 g/mol. The molecule has 3 aromatic rings. The highest BCUT2D eigenvalue weighted by Crippen LogP contribution is 2.24. The number of benzene rings is 1. The normalized spacial score (nSPS) is 18.8. The van der Waals surface area contributed by atoms with Crippen molar-refractivity contribution in [2.24, 2.45) is 0 Å². The lowest BCUT2D eigenvalue weighted by molar-refractivity contribution is 0.153. The summed E-state index contributed by atoms with van der Waals surface area (Å²) in [5.41, 5.74) is 2.51. The predicted octanol–water partition coefficient (Wildman–Crippen LogP) is 3.03. The molecular formula is C21H29N7O2S. The zero-order chi connectivity index (χ0) is 22.0. The molecule has 3 heterocycles. The van der Waals surface area contributed by atoms with E-state index in [1.807, 2.05) is 18.3 Å². The van der Waals surface area contributed by atoms with Gasteiger partial charge in [0.25, 0.3) is 0 Å². The molecule has 0 aliphatic carbocycles. The molecule has 0 saturated carbocycles. The van der Waals surface area contributed by atoms with Gasteiger partial charge in [0.1, 0.15) is 6.10 Å². The topological polar surface area (TPSA) is 117 Å². The van der Waals surface area contributed by atoms with Gasteiger partial charge in [-0.05, 0) is 36.9 Å². The Bertz CT molecular complexity index is 1170. The van der Waals surface area contributed by atoms with Crippen molar-refractivity contribution in [1.82, 2.24) is 24.9 Å². The molecule has 0 bridgehead atoms. The summed E-state index contributed by atoms with van der Waals surface area (Å²) in [6.07, 6.45) is 5.29. The number of hydrogen-bond acceptors (Lipinski definition) is 8. The number of nitrogens with zero attached hydrogens (tertiary/aromatic N) is 4. The fourth-order valence-corrected chi connectivity index (χ4v) is 4.70. The van der Waals surface area contributed by atoms with Gasteiger partial charge in [-0.2, -0.15) is 19.6 Å². The van der Waals surface area contributed by atoms with Gasteiger partial charge in [0.05, 0.1) is 20.8 Å². The third kappa shape index (κ3) is 4.80. The lowest BCUT2D eigenvalue weighted by atomic mass is 10.1. The van der Waals surface area contributed by atoms with E-state index in [9.17, 15) is 4.21 Å². The molecular weight excluding hydrogens is 414 g/mol. The molecule has 1 aromatic carbocycles. The van der Waals surface area contributed by atoms with Gasteiger partial charge >= 0.3 is 6.01 Å². The summed E-state index contributed by atoms with van der Waals surface area (Å²) in [6.45, 7) is 6.33. The molecule has 0 spiro atoms. The van der Waals surface area contributed by atoms with Crippen LogP contribution in [0.3, 0.4) is 0 Å². The van der Waals surface area contributed by atoms with Gasteiger partial charge in [0, 0.05) is 24.9 Å². The summed E-state index contributed by atoms with van der Waals surface area (Å²) in [7, 11) is -2.84. The highest BCUT2D eigenvalue weighted by Gasteiger charge is 2.20. The van der Waals surface area contributed by atoms with E-state index in [1.54, 1.807) is 16.6 Å². The molecule has 0 amide bonds. The second-order valence-corrected chi connectivity index (χ2v) is 10.3. The van der Waals surface area contributed by atoms with Crippen LogP contribution in [0.15, 0.2) is 35.4 Å².